The molecule has 1 aromatic heterocycles. The van der Waals surface area contributed by atoms with E-state index in [2.05, 4.69) is 5.32 Å². The van der Waals surface area contributed by atoms with E-state index in [0.29, 0.717) is 11.8 Å². The molecule has 0 radical (unpaired) electrons. The van der Waals surface area contributed by atoms with E-state index in [9.17, 15) is 4.79 Å². The molecule has 6 heteroatoms. The molecule has 3 rings (SSSR count). The van der Waals surface area contributed by atoms with Gasteiger partial charge in [0.05, 0.1) is 7.11 Å². The summed E-state index contributed by atoms with van der Waals surface area (Å²) in [6.45, 7) is 2.92. The fourth-order valence-corrected chi connectivity index (χ4v) is 4.20. The van der Waals surface area contributed by atoms with Crippen LogP contribution in [-0.2, 0) is 0 Å². The Bertz CT molecular complexity index is 466. The van der Waals surface area contributed by atoms with Crippen LogP contribution in [0, 0.1) is 5.92 Å². The van der Waals surface area contributed by atoms with Crippen molar-refractivity contribution in [1.82, 2.24) is 10.2 Å². The summed E-state index contributed by atoms with van der Waals surface area (Å²) in [4.78, 5) is 15.2. The first-order valence-electron chi connectivity index (χ1n) is 7.43. The minimum Gasteiger partial charge on any atom is -0.495 e. The van der Waals surface area contributed by atoms with Gasteiger partial charge in [-0.1, -0.05) is 0 Å². The standard InChI is InChI=1S/C15H22N2O2S.ClH/c1-19-13-6-10-20-14(13)15(18)17-8-4-11(5-9-17)12-3-2-7-16-12;/h6,10-12,16H,2-5,7-9H2,1H3;1H. The Hall–Kier alpha value is -0.780. The fraction of sp³-hybridized carbons (Fsp3) is 0.667. The number of hydrogen-bond donors (Lipinski definition) is 1. The van der Waals surface area contributed by atoms with E-state index in [1.165, 1.54) is 24.2 Å². The Kier molecular flexibility index (Phi) is 5.90. The summed E-state index contributed by atoms with van der Waals surface area (Å²) in [7, 11) is 1.62. The molecule has 2 saturated heterocycles. The SMILES string of the molecule is COc1ccsc1C(=O)N1CCC(C2CCCN2)CC1.Cl. The molecular weight excluding hydrogens is 308 g/mol. The van der Waals surface area contributed by atoms with E-state index in [-0.39, 0.29) is 18.3 Å². The van der Waals surface area contributed by atoms with Gasteiger partial charge in [0.25, 0.3) is 5.91 Å². The van der Waals surface area contributed by atoms with Gasteiger partial charge in [-0.15, -0.1) is 23.7 Å². The summed E-state index contributed by atoms with van der Waals surface area (Å²) >= 11 is 1.47. The van der Waals surface area contributed by atoms with Gasteiger partial charge < -0.3 is 15.0 Å². The smallest absolute Gasteiger partial charge is 0.267 e. The number of piperidine rings is 1. The second-order valence-electron chi connectivity index (χ2n) is 5.65. The highest BCUT2D eigenvalue weighted by atomic mass is 35.5. The molecule has 3 heterocycles. The average Bonchev–Trinajstić information content (AvgIpc) is 3.17. The molecule has 1 amide bonds. The van der Waals surface area contributed by atoms with Crippen molar-refractivity contribution in [3.8, 4) is 5.75 Å². The number of methoxy groups -OCH3 is 1. The predicted octanol–water partition coefficient (Wildman–Crippen LogP) is 2.78. The average molecular weight is 331 g/mol. The van der Waals surface area contributed by atoms with Crippen LogP contribution in [0.3, 0.4) is 0 Å². The van der Waals surface area contributed by atoms with E-state index < -0.39 is 0 Å². The monoisotopic (exact) mass is 330 g/mol. The van der Waals surface area contributed by atoms with Crippen LogP contribution in [0.5, 0.6) is 5.75 Å². The lowest BCUT2D eigenvalue weighted by Crippen LogP contribution is -2.43. The minimum atomic E-state index is 0. The van der Waals surface area contributed by atoms with Crippen LogP contribution < -0.4 is 10.1 Å². The van der Waals surface area contributed by atoms with E-state index >= 15 is 0 Å². The van der Waals surface area contributed by atoms with E-state index in [4.69, 9.17) is 4.74 Å². The van der Waals surface area contributed by atoms with Gasteiger partial charge in [-0.05, 0) is 49.6 Å². The van der Waals surface area contributed by atoms with Gasteiger partial charge in [-0.2, -0.15) is 0 Å². The zero-order valence-corrected chi connectivity index (χ0v) is 14.0. The van der Waals surface area contributed by atoms with Crippen molar-refractivity contribution < 1.29 is 9.53 Å². The Morgan fingerprint density at radius 1 is 1.38 bits per heavy atom. The van der Waals surface area contributed by atoms with Crippen molar-refractivity contribution in [2.75, 3.05) is 26.7 Å². The maximum absolute atomic E-state index is 12.5. The van der Waals surface area contributed by atoms with Crippen molar-refractivity contribution in [2.24, 2.45) is 5.92 Å². The summed E-state index contributed by atoms with van der Waals surface area (Å²) in [5.74, 6) is 1.58. The normalized spacial score (nSPS) is 22.9. The van der Waals surface area contributed by atoms with Gasteiger partial charge in [0.2, 0.25) is 0 Å². The van der Waals surface area contributed by atoms with Crippen molar-refractivity contribution in [1.29, 1.82) is 0 Å². The van der Waals surface area contributed by atoms with Gasteiger partial charge in [-0.25, -0.2) is 0 Å². The van der Waals surface area contributed by atoms with Crippen molar-refractivity contribution in [2.45, 2.75) is 31.7 Å². The number of likely N-dealkylation sites (tertiary alicyclic amines) is 1. The Morgan fingerprint density at radius 2 is 2.14 bits per heavy atom. The van der Waals surface area contributed by atoms with Crippen molar-refractivity contribution in [3.05, 3.63) is 16.3 Å². The van der Waals surface area contributed by atoms with E-state index in [1.54, 1.807) is 7.11 Å². The molecule has 0 aromatic carbocycles. The third-order valence-electron chi connectivity index (χ3n) is 4.54. The molecule has 0 aliphatic carbocycles. The third-order valence-corrected chi connectivity index (χ3v) is 5.42. The highest BCUT2D eigenvalue weighted by Crippen LogP contribution is 2.30. The van der Waals surface area contributed by atoms with Gasteiger partial charge in [0.1, 0.15) is 10.6 Å². The maximum Gasteiger partial charge on any atom is 0.267 e. The first kappa shape index (κ1) is 16.6. The lowest BCUT2D eigenvalue weighted by molar-refractivity contribution is 0.0676. The summed E-state index contributed by atoms with van der Waals surface area (Å²) in [6.07, 6.45) is 4.85. The molecule has 118 valence electrons. The number of amides is 1. The summed E-state index contributed by atoms with van der Waals surface area (Å²) in [6, 6.07) is 2.55. The van der Waals surface area contributed by atoms with Crippen LogP contribution in [-0.4, -0.2) is 43.6 Å². The molecule has 0 spiro atoms. The van der Waals surface area contributed by atoms with Crippen LogP contribution in [0.25, 0.3) is 0 Å². The van der Waals surface area contributed by atoms with Crippen molar-refractivity contribution in [3.63, 3.8) is 0 Å². The zero-order chi connectivity index (χ0) is 13.9. The lowest BCUT2D eigenvalue weighted by atomic mass is 9.88. The van der Waals surface area contributed by atoms with Crippen LogP contribution in [0.2, 0.25) is 0 Å². The molecule has 2 aliphatic heterocycles. The molecule has 1 aromatic rings. The Labute approximate surface area is 136 Å². The molecule has 0 saturated carbocycles. The van der Waals surface area contributed by atoms with Gasteiger partial charge in [0.15, 0.2) is 0 Å². The molecule has 1 unspecified atom stereocenters. The van der Waals surface area contributed by atoms with E-state index in [1.807, 2.05) is 16.3 Å². The van der Waals surface area contributed by atoms with Gasteiger partial charge in [-0.3, -0.25) is 4.79 Å². The molecule has 1 atom stereocenters. The summed E-state index contributed by atoms with van der Waals surface area (Å²) in [5, 5.41) is 5.51. The van der Waals surface area contributed by atoms with Crippen molar-refractivity contribution >= 4 is 29.7 Å². The molecule has 1 N–H and O–H groups in total. The second kappa shape index (κ2) is 7.47. The molecular formula is C15H23ClN2O2S. The molecule has 4 nitrogen and oxygen atoms in total. The van der Waals surface area contributed by atoms with Gasteiger partial charge >= 0.3 is 0 Å². The van der Waals surface area contributed by atoms with Gasteiger partial charge in [0, 0.05) is 19.1 Å². The number of nitrogens with zero attached hydrogens (tertiary/aromatic N) is 1. The Balaban J connectivity index is 0.00000161. The Morgan fingerprint density at radius 3 is 2.76 bits per heavy atom. The molecule has 21 heavy (non-hydrogen) atoms. The minimum absolute atomic E-state index is 0. The number of carbonyl (C=O) groups excluding carboxylic acids is 1. The number of ether oxygens (including phenoxy) is 1. The number of thiophene rings is 1. The first-order chi connectivity index (χ1) is 9.79. The largest absolute Gasteiger partial charge is 0.495 e. The van der Waals surface area contributed by atoms with E-state index in [0.717, 1.165) is 43.3 Å². The zero-order valence-electron chi connectivity index (χ0n) is 12.3. The number of carbonyl (C=O) groups is 1. The first-order valence-corrected chi connectivity index (χ1v) is 8.31. The number of halogens is 1. The quantitative estimate of drug-likeness (QED) is 0.926. The lowest BCUT2D eigenvalue weighted by Gasteiger charge is -2.34. The summed E-state index contributed by atoms with van der Waals surface area (Å²) < 4.78 is 5.25. The number of nitrogens with one attached hydrogen (secondary N) is 1. The van der Waals surface area contributed by atoms with Crippen LogP contribution in [0.15, 0.2) is 11.4 Å². The summed E-state index contributed by atoms with van der Waals surface area (Å²) in [5.41, 5.74) is 0. The third kappa shape index (κ3) is 3.52. The van der Waals surface area contributed by atoms with Crippen LogP contribution in [0.1, 0.15) is 35.4 Å². The molecule has 2 fully saturated rings. The number of hydrogen-bond acceptors (Lipinski definition) is 4. The maximum atomic E-state index is 12.5. The molecule has 2 aliphatic rings. The predicted molar refractivity (Wildman–Crippen MR) is 87.8 cm³/mol. The van der Waals surface area contributed by atoms with Crippen LogP contribution >= 0.6 is 23.7 Å². The van der Waals surface area contributed by atoms with Crippen LogP contribution in [0.4, 0.5) is 0 Å². The topological polar surface area (TPSA) is 41.6 Å². The second-order valence-corrected chi connectivity index (χ2v) is 6.57. The highest BCUT2D eigenvalue weighted by Gasteiger charge is 2.31. The highest BCUT2D eigenvalue weighted by molar-refractivity contribution is 7.12. The number of rotatable bonds is 3. The fourth-order valence-electron chi connectivity index (χ4n) is 3.38. The molecule has 0 bridgehead atoms.